The van der Waals surface area contributed by atoms with Crippen molar-refractivity contribution in [2.24, 2.45) is 0 Å². The zero-order valence-electron chi connectivity index (χ0n) is 7.56. The summed E-state index contributed by atoms with van der Waals surface area (Å²) in [7, 11) is 0. The Morgan fingerprint density at radius 3 is 2.92 bits per heavy atom. The van der Waals surface area contributed by atoms with E-state index in [1.54, 1.807) is 5.56 Å². The number of hydrogen-bond acceptors (Lipinski definition) is 0. The lowest BCUT2D eigenvalue weighted by molar-refractivity contribution is 0.911. The van der Waals surface area contributed by atoms with Crippen LogP contribution in [0.1, 0.15) is 30.0 Å². The average molecular weight is 158 g/mol. The van der Waals surface area contributed by atoms with Crippen LogP contribution in [0.2, 0.25) is 0 Å². The lowest BCUT2D eigenvalue weighted by atomic mass is 9.99. The first kappa shape index (κ1) is 7.60. The van der Waals surface area contributed by atoms with E-state index in [1.807, 2.05) is 0 Å². The summed E-state index contributed by atoms with van der Waals surface area (Å²) in [5, 5.41) is 0. The molecule has 0 bridgehead atoms. The van der Waals surface area contributed by atoms with E-state index in [0.29, 0.717) is 0 Å². The number of aryl methyl sites for hydroxylation is 1. The molecule has 0 heterocycles. The van der Waals surface area contributed by atoms with Crippen LogP contribution in [0.4, 0.5) is 0 Å². The molecule has 62 valence electrons. The molecule has 0 fully saturated rings. The lowest BCUT2D eigenvalue weighted by Crippen LogP contribution is -1.88. The van der Waals surface area contributed by atoms with Crippen molar-refractivity contribution < 1.29 is 0 Å². The molecule has 0 heteroatoms. The predicted molar refractivity (Wildman–Crippen MR) is 53.2 cm³/mol. The third-order valence-electron chi connectivity index (χ3n) is 2.61. The predicted octanol–water partition coefficient (Wildman–Crippen LogP) is 3.21. The summed E-state index contributed by atoms with van der Waals surface area (Å²) in [5.74, 6) is 0. The Balaban J connectivity index is 2.56. The highest BCUT2D eigenvalue weighted by molar-refractivity contribution is 5.66. The van der Waals surface area contributed by atoms with Gasteiger partial charge in [0.05, 0.1) is 0 Å². The highest BCUT2D eigenvalue weighted by Crippen LogP contribution is 2.28. The van der Waals surface area contributed by atoms with E-state index in [9.17, 15) is 0 Å². The van der Waals surface area contributed by atoms with Crippen LogP contribution < -0.4 is 0 Å². The molecule has 1 aliphatic carbocycles. The van der Waals surface area contributed by atoms with Crippen LogP contribution in [0, 0.1) is 0 Å². The molecular weight excluding hydrogens is 144 g/mol. The number of fused-ring (bicyclic) bond motifs is 1. The molecule has 2 rings (SSSR count). The summed E-state index contributed by atoms with van der Waals surface area (Å²) in [5.41, 5.74) is 5.67. The minimum Gasteiger partial charge on any atom is -0.0955 e. The van der Waals surface area contributed by atoms with Crippen molar-refractivity contribution in [2.75, 3.05) is 0 Å². The van der Waals surface area contributed by atoms with E-state index >= 15 is 0 Å². The summed E-state index contributed by atoms with van der Waals surface area (Å²) < 4.78 is 0. The van der Waals surface area contributed by atoms with Gasteiger partial charge in [-0.15, -0.1) is 0 Å². The van der Waals surface area contributed by atoms with Gasteiger partial charge in [0, 0.05) is 0 Å². The first-order valence-electron chi connectivity index (χ1n) is 4.55. The van der Waals surface area contributed by atoms with Crippen molar-refractivity contribution in [1.29, 1.82) is 0 Å². The van der Waals surface area contributed by atoms with E-state index < -0.39 is 0 Å². The van der Waals surface area contributed by atoms with Crippen molar-refractivity contribution in [2.45, 2.75) is 26.2 Å². The Bertz CT molecular complexity index is 321. The van der Waals surface area contributed by atoms with Gasteiger partial charge in [-0.1, -0.05) is 30.4 Å². The summed E-state index contributed by atoms with van der Waals surface area (Å²) in [6.45, 7) is 6.09. The topological polar surface area (TPSA) is 0 Å². The fourth-order valence-electron chi connectivity index (χ4n) is 2.02. The Labute approximate surface area is 73.9 Å². The molecule has 0 saturated heterocycles. The maximum Gasteiger partial charge on any atom is -0.0198 e. The quantitative estimate of drug-likeness (QED) is 0.588. The number of hydrogen-bond donors (Lipinski definition) is 0. The third kappa shape index (κ3) is 1.08. The summed E-state index contributed by atoms with van der Waals surface area (Å²) in [6.07, 6.45) is 3.83. The lowest BCUT2D eigenvalue weighted by Gasteiger charge is -2.06. The minimum absolute atomic E-state index is 1.20. The Kier molecular flexibility index (Phi) is 1.76. The molecule has 0 spiro atoms. The van der Waals surface area contributed by atoms with Crippen molar-refractivity contribution in [3.63, 3.8) is 0 Å². The monoisotopic (exact) mass is 158 g/mol. The molecule has 0 nitrogen and oxygen atoms in total. The van der Waals surface area contributed by atoms with Gasteiger partial charge in [0.2, 0.25) is 0 Å². The molecule has 0 aromatic heterocycles. The zero-order chi connectivity index (χ0) is 8.55. The van der Waals surface area contributed by atoms with E-state index in [4.69, 9.17) is 0 Å². The Hall–Kier alpha value is -1.04. The molecule has 0 radical (unpaired) electrons. The highest BCUT2D eigenvalue weighted by Gasteiger charge is 2.13. The van der Waals surface area contributed by atoms with Gasteiger partial charge in [0.15, 0.2) is 0 Å². The number of rotatable bonds is 1. The van der Waals surface area contributed by atoms with Gasteiger partial charge >= 0.3 is 0 Å². The fourth-order valence-corrected chi connectivity index (χ4v) is 2.02. The molecule has 0 amide bonds. The molecular formula is C12H14. The molecule has 0 aliphatic heterocycles. The molecule has 1 aliphatic rings. The van der Waals surface area contributed by atoms with Crippen LogP contribution in [-0.4, -0.2) is 0 Å². The van der Waals surface area contributed by atoms with Crippen LogP contribution in [0.3, 0.4) is 0 Å². The second kappa shape index (κ2) is 2.78. The van der Waals surface area contributed by atoms with Gasteiger partial charge in [-0.2, -0.15) is 0 Å². The van der Waals surface area contributed by atoms with Gasteiger partial charge in [-0.05, 0) is 42.9 Å². The smallest absolute Gasteiger partial charge is 0.0198 e. The summed E-state index contributed by atoms with van der Waals surface area (Å²) >= 11 is 0. The standard InChI is InChI=1S/C12H14/c1-9(2)11-7-3-5-10-6-4-8-12(10)11/h3,5,7H,1,4,6,8H2,2H3. The minimum atomic E-state index is 1.20. The van der Waals surface area contributed by atoms with Crippen molar-refractivity contribution >= 4 is 5.57 Å². The maximum atomic E-state index is 4.00. The number of benzene rings is 1. The van der Waals surface area contributed by atoms with E-state index in [-0.39, 0.29) is 0 Å². The van der Waals surface area contributed by atoms with Crippen LogP contribution in [0.5, 0.6) is 0 Å². The number of allylic oxidation sites excluding steroid dienone is 1. The maximum absolute atomic E-state index is 4.00. The summed E-state index contributed by atoms with van der Waals surface area (Å²) in [6, 6.07) is 6.58. The van der Waals surface area contributed by atoms with Crippen molar-refractivity contribution in [1.82, 2.24) is 0 Å². The van der Waals surface area contributed by atoms with E-state index in [0.717, 1.165) is 0 Å². The molecule has 1 aromatic rings. The molecule has 0 N–H and O–H groups in total. The molecule has 12 heavy (non-hydrogen) atoms. The molecule has 0 saturated carbocycles. The van der Waals surface area contributed by atoms with E-state index in [1.165, 1.54) is 36.0 Å². The molecule has 0 atom stereocenters. The Morgan fingerprint density at radius 1 is 1.33 bits per heavy atom. The first-order chi connectivity index (χ1) is 5.79. The summed E-state index contributed by atoms with van der Waals surface area (Å²) in [4.78, 5) is 0. The highest BCUT2D eigenvalue weighted by atomic mass is 14.2. The van der Waals surface area contributed by atoms with Crippen LogP contribution >= 0.6 is 0 Å². The second-order valence-corrected chi connectivity index (χ2v) is 3.58. The Morgan fingerprint density at radius 2 is 2.17 bits per heavy atom. The van der Waals surface area contributed by atoms with Crippen LogP contribution in [0.15, 0.2) is 24.8 Å². The van der Waals surface area contributed by atoms with Crippen LogP contribution in [0.25, 0.3) is 5.57 Å². The zero-order valence-corrected chi connectivity index (χ0v) is 7.56. The van der Waals surface area contributed by atoms with Gasteiger partial charge in [-0.3, -0.25) is 0 Å². The SMILES string of the molecule is C=C(C)c1cccc2c1CCC2. The van der Waals surface area contributed by atoms with E-state index in [2.05, 4.69) is 31.7 Å². The van der Waals surface area contributed by atoms with Crippen LogP contribution in [-0.2, 0) is 12.8 Å². The average Bonchev–Trinajstić information content (AvgIpc) is 2.49. The van der Waals surface area contributed by atoms with Crippen molar-refractivity contribution in [3.8, 4) is 0 Å². The third-order valence-corrected chi connectivity index (χ3v) is 2.61. The van der Waals surface area contributed by atoms with Gasteiger partial charge in [-0.25, -0.2) is 0 Å². The fraction of sp³-hybridized carbons (Fsp3) is 0.333. The largest absolute Gasteiger partial charge is 0.0955 e. The van der Waals surface area contributed by atoms with Gasteiger partial charge in [0.1, 0.15) is 0 Å². The second-order valence-electron chi connectivity index (χ2n) is 3.58. The molecule has 0 unspecified atom stereocenters. The van der Waals surface area contributed by atoms with Gasteiger partial charge < -0.3 is 0 Å². The first-order valence-corrected chi connectivity index (χ1v) is 4.55. The van der Waals surface area contributed by atoms with Gasteiger partial charge in [0.25, 0.3) is 0 Å². The van der Waals surface area contributed by atoms with Crippen molar-refractivity contribution in [3.05, 3.63) is 41.5 Å². The normalized spacial score (nSPS) is 14.4. The molecule has 1 aromatic carbocycles.